The molecule has 0 amide bonds. The first-order valence-corrected chi connectivity index (χ1v) is 9.52. The van der Waals surface area contributed by atoms with E-state index in [4.69, 9.17) is 9.72 Å². The Morgan fingerprint density at radius 1 is 1.27 bits per heavy atom. The maximum Gasteiger partial charge on any atom is 0.260 e. The van der Waals surface area contributed by atoms with E-state index in [9.17, 15) is 4.79 Å². The molecule has 2 aliphatic rings. The summed E-state index contributed by atoms with van der Waals surface area (Å²) in [6, 6.07) is 3.72. The van der Waals surface area contributed by atoms with Crippen molar-refractivity contribution in [1.29, 1.82) is 0 Å². The Bertz CT molecular complexity index is 823. The van der Waals surface area contributed by atoms with E-state index in [0.717, 1.165) is 49.8 Å². The van der Waals surface area contributed by atoms with Crippen molar-refractivity contribution in [3.8, 4) is 0 Å². The number of nitrogens with one attached hydrogen (secondary N) is 2. The van der Waals surface area contributed by atoms with Crippen LogP contribution in [0.5, 0.6) is 0 Å². The number of pyridine rings is 1. The fraction of sp³-hybridized carbons (Fsp3) is 0.579. The number of ether oxygens (including phenoxy) is 1. The van der Waals surface area contributed by atoms with Gasteiger partial charge < -0.3 is 20.3 Å². The molecule has 26 heavy (non-hydrogen) atoms. The van der Waals surface area contributed by atoms with E-state index in [1.54, 1.807) is 10.5 Å². The lowest BCUT2D eigenvalue weighted by molar-refractivity contribution is 0.122. The van der Waals surface area contributed by atoms with E-state index in [-0.39, 0.29) is 5.56 Å². The largest absolute Gasteiger partial charge is 0.382 e. The predicted octanol–water partition coefficient (Wildman–Crippen LogP) is 1.25. The Morgan fingerprint density at radius 3 is 2.81 bits per heavy atom. The van der Waals surface area contributed by atoms with Crippen molar-refractivity contribution < 1.29 is 4.74 Å². The van der Waals surface area contributed by atoms with E-state index in [1.807, 2.05) is 13.1 Å². The molecule has 0 radical (unpaired) electrons. The molecule has 0 bridgehead atoms. The summed E-state index contributed by atoms with van der Waals surface area (Å²) < 4.78 is 7.07. The summed E-state index contributed by atoms with van der Waals surface area (Å²) in [5.41, 5.74) is 2.66. The van der Waals surface area contributed by atoms with Gasteiger partial charge in [-0.25, -0.2) is 4.98 Å². The molecule has 2 aliphatic heterocycles. The lowest BCUT2D eigenvalue weighted by atomic mass is 9.98. The Balaban J connectivity index is 1.66. The van der Waals surface area contributed by atoms with Gasteiger partial charge in [0.2, 0.25) is 0 Å². The van der Waals surface area contributed by atoms with Crippen LogP contribution in [-0.2, 0) is 4.74 Å². The number of hydrogen-bond acceptors (Lipinski definition) is 6. The molecular weight excluding hydrogens is 330 g/mol. The molecule has 0 unspecified atom stereocenters. The highest BCUT2D eigenvalue weighted by Crippen LogP contribution is 2.21. The fourth-order valence-corrected chi connectivity index (χ4v) is 3.75. The fourth-order valence-electron chi connectivity index (χ4n) is 3.75. The van der Waals surface area contributed by atoms with Gasteiger partial charge >= 0.3 is 0 Å². The molecule has 2 aromatic rings. The van der Waals surface area contributed by atoms with Crippen LogP contribution < -0.4 is 21.1 Å². The van der Waals surface area contributed by atoms with Gasteiger partial charge in [0, 0.05) is 31.9 Å². The van der Waals surface area contributed by atoms with E-state index in [1.165, 1.54) is 12.8 Å². The first kappa shape index (κ1) is 17.3. The molecule has 140 valence electrons. The van der Waals surface area contributed by atoms with Gasteiger partial charge in [-0.1, -0.05) is 0 Å². The molecule has 2 fully saturated rings. The summed E-state index contributed by atoms with van der Waals surface area (Å²) in [6.07, 6.45) is 4.23. The Kier molecular flexibility index (Phi) is 5.08. The van der Waals surface area contributed by atoms with Crippen molar-refractivity contribution in [2.24, 2.45) is 5.92 Å². The number of piperidine rings is 1. The van der Waals surface area contributed by atoms with Crippen molar-refractivity contribution in [1.82, 2.24) is 14.7 Å². The number of fused-ring (bicyclic) bond motifs is 1. The minimum absolute atomic E-state index is 0.0369. The highest BCUT2D eigenvalue weighted by molar-refractivity contribution is 5.70. The van der Waals surface area contributed by atoms with Crippen molar-refractivity contribution in [3.63, 3.8) is 0 Å². The third kappa shape index (κ3) is 3.68. The lowest BCUT2D eigenvalue weighted by Gasteiger charge is -2.28. The van der Waals surface area contributed by atoms with Crippen LogP contribution in [0.25, 0.3) is 5.65 Å². The van der Waals surface area contributed by atoms with Crippen molar-refractivity contribution in [2.45, 2.75) is 19.8 Å². The second-order valence-electron chi connectivity index (χ2n) is 7.25. The first-order chi connectivity index (χ1) is 12.7. The Morgan fingerprint density at radius 2 is 2.04 bits per heavy atom. The maximum atomic E-state index is 12.7. The molecule has 0 spiro atoms. The van der Waals surface area contributed by atoms with Crippen molar-refractivity contribution in [2.75, 3.05) is 56.2 Å². The summed E-state index contributed by atoms with van der Waals surface area (Å²) in [7, 11) is 0. The summed E-state index contributed by atoms with van der Waals surface area (Å²) in [4.78, 5) is 19.6. The normalized spacial score (nSPS) is 19.0. The third-order valence-corrected chi connectivity index (χ3v) is 5.26. The number of aromatic nitrogens is 2. The molecule has 0 aliphatic carbocycles. The van der Waals surface area contributed by atoms with Gasteiger partial charge in [0.1, 0.15) is 5.82 Å². The quantitative estimate of drug-likeness (QED) is 0.858. The zero-order valence-corrected chi connectivity index (χ0v) is 15.3. The average molecular weight is 357 g/mol. The van der Waals surface area contributed by atoms with E-state index in [0.29, 0.717) is 24.8 Å². The Hall–Kier alpha value is -2.12. The second-order valence-corrected chi connectivity index (χ2v) is 7.25. The maximum absolute atomic E-state index is 12.7. The summed E-state index contributed by atoms with van der Waals surface area (Å²) in [6.45, 7) is 7.99. The second kappa shape index (κ2) is 7.63. The van der Waals surface area contributed by atoms with Crippen LogP contribution in [0.3, 0.4) is 0 Å². The van der Waals surface area contributed by atoms with E-state index >= 15 is 0 Å². The zero-order valence-electron chi connectivity index (χ0n) is 15.3. The van der Waals surface area contributed by atoms with Crippen LogP contribution in [0.4, 0.5) is 11.5 Å². The van der Waals surface area contributed by atoms with Crippen LogP contribution in [0.2, 0.25) is 0 Å². The van der Waals surface area contributed by atoms with Gasteiger partial charge in [0.05, 0.1) is 18.9 Å². The highest BCUT2D eigenvalue weighted by Gasteiger charge is 2.17. The van der Waals surface area contributed by atoms with Gasteiger partial charge in [0.15, 0.2) is 5.65 Å². The van der Waals surface area contributed by atoms with Crippen LogP contribution in [0.1, 0.15) is 18.4 Å². The number of aryl methyl sites for hydroxylation is 1. The third-order valence-electron chi connectivity index (χ3n) is 5.26. The van der Waals surface area contributed by atoms with Crippen LogP contribution in [0, 0.1) is 12.8 Å². The topological polar surface area (TPSA) is 70.9 Å². The molecule has 0 atom stereocenters. The lowest BCUT2D eigenvalue weighted by Crippen LogP contribution is -2.37. The number of morpholine rings is 1. The Labute approximate surface area is 153 Å². The van der Waals surface area contributed by atoms with E-state index in [2.05, 4.69) is 21.6 Å². The molecule has 7 nitrogen and oxygen atoms in total. The number of nitrogens with zero attached hydrogens (tertiary/aromatic N) is 3. The van der Waals surface area contributed by atoms with Gasteiger partial charge in [-0.05, 0) is 50.4 Å². The monoisotopic (exact) mass is 357 g/mol. The predicted molar refractivity (Wildman–Crippen MR) is 103 cm³/mol. The van der Waals surface area contributed by atoms with Gasteiger partial charge in [-0.15, -0.1) is 0 Å². The SMILES string of the molecule is Cc1cc(NCC2CCNCC2)c2nc(N3CCOCC3)cc(=O)n2c1. The number of anilines is 2. The zero-order chi connectivity index (χ0) is 17.9. The molecule has 2 aromatic heterocycles. The molecule has 4 heterocycles. The van der Waals surface area contributed by atoms with Crippen LogP contribution in [0.15, 0.2) is 23.1 Å². The van der Waals surface area contributed by atoms with Crippen LogP contribution in [-0.4, -0.2) is 55.3 Å². The number of hydrogen-bond donors (Lipinski definition) is 2. The molecule has 4 rings (SSSR count). The van der Waals surface area contributed by atoms with Crippen molar-refractivity contribution in [3.05, 3.63) is 34.2 Å². The van der Waals surface area contributed by atoms with Crippen molar-refractivity contribution >= 4 is 17.2 Å². The molecule has 0 aromatic carbocycles. The van der Waals surface area contributed by atoms with Gasteiger partial charge in [0.25, 0.3) is 5.56 Å². The number of rotatable bonds is 4. The minimum atomic E-state index is -0.0369. The molecular formula is C19H27N5O2. The smallest absolute Gasteiger partial charge is 0.260 e. The minimum Gasteiger partial charge on any atom is -0.382 e. The summed E-state index contributed by atoms with van der Waals surface area (Å²) in [5, 5.41) is 6.96. The standard InChI is InChI=1S/C19H27N5O2/c1-14-10-16(21-12-15-2-4-20-5-3-15)19-22-17(11-18(25)24(19)13-14)23-6-8-26-9-7-23/h10-11,13,15,20-21H,2-9,12H2,1H3. The van der Waals surface area contributed by atoms with E-state index < -0.39 is 0 Å². The molecule has 7 heteroatoms. The van der Waals surface area contributed by atoms with Gasteiger partial charge in [-0.3, -0.25) is 9.20 Å². The van der Waals surface area contributed by atoms with Crippen LogP contribution >= 0.6 is 0 Å². The molecule has 0 saturated carbocycles. The first-order valence-electron chi connectivity index (χ1n) is 9.52. The average Bonchev–Trinajstić information content (AvgIpc) is 2.68. The molecule has 2 N–H and O–H groups in total. The molecule has 2 saturated heterocycles. The summed E-state index contributed by atoms with van der Waals surface area (Å²) >= 11 is 0. The summed E-state index contributed by atoms with van der Waals surface area (Å²) in [5.74, 6) is 1.40. The highest BCUT2D eigenvalue weighted by atomic mass is 16.5. The van der Waals surface area contributed by atoms with Gasteiger partial charge in [-0.2, -0.15) is 0 Å².